The number of aromatic nitrogens is 2. The van der Waals surface area contributed by atoms with Crippen LogP contribution in [0.15, 0.2) is 0 Å². The summed E-state index contributed by atoms with van der Waals surface area (Å²) < 4.78 is 3.52. The summed E-state index contributed by atoms with van der Waals surface area (Å²) in [6.45, 7) is 11.0. The van der Waals surface area contributed by atoms with E-state index in [0.29, 0.717) is 0 Å². The molecule has 0 radical (unpaired) electrons. The summed E-state index contributed by atoms with van der Waals surface area (Å²) >= 11 is 2.42. The molecule has 1 rings (SSSR count). The van der Waals surface area contributed by atoms with Gasteiger partial charge in [-0.1, -0.05) is 13.8 Å². The van der Waals surface area contributed by atoms with Crippen LogP contribution in [0.3, 0.4) is 0 Å². The molecule has 0 saturated carbocycles. The minimum absolute atomic E-state index is 0.0959. The van der Waals surface area contributed by atoms with Gasteiger partial charge in [0.2, 0.25) is 0 Å². The Balaban J connectivity index is 3.30. The largest absolute Gasteiger partial charge is 0.263 e. The van der Waals surface area contributed by atoms with E-state index in [0.717, 1.165) is 12.8 Å². The van der Waals surface area contributed by atoms with E-state index in [-0.39, 0.29) is 5.54 Å². The molecule has 1 aromatic rings. The van der Waals surface area contributed by atoms with Crippen LogP contribution in [-0.4, -0.2) is 9.78 Å². The maximum Gasteiger partial charge on any atom is 0.0758 e. The first-order valence-electron chi connectivity index (χ1n) is 5.18. The molecule has 0 fully saturated rings. The van der Waals surface area contributed by atoms with Crippen molar-refractivity contribution < 1.29 is 0 Å². The third-order valence-corrected chi connectivity index (χ3v) is 3.53. The zero-order chi connectivity index (χ0) is 10.9. The van der Waals surface area contributed by atoms with Crippen molar-refractivity contribution in [3.63, 3.8) is 0 Å². The van der Waals surface area contributed by atoms with Crippen LogP contribution in [-0.2, 0) is 18.4 Å². The molecule has 14 heavy (non-hydrogen) atoms. The summed E-state index contributed by atoms with van der Waals surface area (Å²) in [5.74, 6) is 0. The van der Waals surface area contributed by atoms with Crippen LogP contribution in [0.2, 0.25) is 0 Å². The molecule has 0 amide bonds. The Hall–Kier alpha value is -0.0600. The highest BCUT2D eigenvalue weighted by molar-refractivity contribution is 14.1. The predicted octanol–water partition coefficient (Wildman–Crippen LogP) is 3.37. The van der Waals surface area contributed by atoms with Gasteiger partial charge in [-0.25, -0.2) is 0 Å². The maximum atomic E-state index is 4.68. The van der Waals surface area contributed by atoms with Gasteiger partial charge in [0.15, 0.2) is 0 Å². The molecule has 1 heterocycles. The van der Waals surface area contributed by atoms with E-state index in [2.05, 4.69) is 67.0 Å². The monoisotopic (exact) mass is 306 g/mol. The Labute approximate surface area is 100 Å². The molecule has 0 aliphatic rings. The Morgan fingerprint density at radius 3 is 2.07 bits per heavy atom. The molecule has 1 aromatic heterocycles. The second-order valence-electron chi connectivity index (χ2n) is 4.50. The van der Waals surface area contributed by atoms with Gasteiger partial charge in [0, 0.05) is 0 Å². The van der Waals surface area contributed by atoms with Crippen molar-refractivity contribution in [2.24, 2.45) is 0 Å². The fourth-order valence-corrected chi connectivity index (χ4v) is 2.67. The highest BCUT2D eigenvalue weighted by Crippen LogP contribution is 2.24. The highest BCUT2D eigenvalue weighted by Gasteiger charge is 2.21. The van der Waals surface area contributed by atoms with E-state index >= 15 is 0 Å². The Morgan fingerprint density at radius 2 is 1.79 bits per heavy atom. The number of hydrogen-bond donors (Lipinski definition) is 0. The Bertz CT molecular complexity index is 321. The molecule has 0 bridgehead atoms. The molecule has 0 aromatic carbocycles. The first-order valence-corrected chi connectivity index (χ1v) is 6.26. The summed E-state index contributed by atoms with van der Waals surface area (Å²) in [7, 11) is 0. The summed E-state index contributed by atoms with van der Waals surface area (Å²) in [6.07, 6.45) is 2.08. The fraction of sp³-hybridized carbons (Fsp3) is 0.727. The van der Waals surface area contributed by atoms with Crippen LogP contribution >= 0.6 is 22.6 Å². The van der Waals surface area contributed by atoms with Crippen LogP contribution in [0.5, 0.6) is 0 Å². The molecular formula is C11H19IN2. The lowest BCUT2D eigenvalue weighted by atomic mass is 10.1. The molecular weight excluding hydrogens is 287 g/mol. The first-order chi connectivity index (χ1) is 6.41. The lowest BCUT2D eigenvalue weighted by Crippen LogP contribution is -2.25. The predicted molar refractivity (Wildman–Crippen MR) is 68.7 cm³/mol. The van der Waals surface area contributed by atoms with Crippen LogP contribution in [0.1, 0.15) is 46.0 Å². The van der Waals surface area contributed by atoms with E-state index in [4.69, 9.17) is 0 Å². The molecule has 0 atom stereocenters. The first kappa shape index (κ1) is 12.0. The molecule has 0 aliphatic carbocycles. The molecule has 0 N–H and O–H groups in total. The average molecular weight is 306 g/mol. The SMILES string of the molecule is CCc1nn(C(C)(C)C)c(CC)c1I. The van der Waals surface area contributed by atoms with Gasteiger partial charge in [-0.05, 0) is 56.2 Å². The van der Waals surface area contributed by atoms with Gasteiger partial charge >= 0.3 is 0 Å². The highest BCUT2D eigenvalue weighted by atomic mass is 127. The van der Waals surface area contributed by atoms with E-state index in [1.807, 2.05) is 0 Å². The summed E-state index contributed by atoms with van der Waals surface area (Å²) in [4.78, 5) is 0. The van der Waals surface area contributed by atoms with Crippen LogP contribution in [0.25, 0.3) is 0 Å². The summed E-state index contributed by atoms with van der Waals surface area (Å²) in [5, 5.41) is 4.68. The second-order valence-corrected chi connectivity index (χ2v) is 5.58. The van der Waals surface area contributed by atoms with Gasteiger partial charge in [0.05, 0.1) is 20.5 Å². The minimum atomic E-state index is 0.0959. The number of hydrogen-bond acceptors (Lipinski definition) is 1. The lowest BCUT2D eigenvalue weighted by Gasteiger charge is -2.22. The van der Waals surface area contributed by atoms with Crippen LogP contribution in [0, 0.1) is 3.57 Å². The van der Waals surface area contributed by atoms with Crippen molar-refractivity contribution in [3.8, 4) is 0 Å². The quantitative estimate of drug-likeness (QED) is 0.766. The standard InChI is InChI=1S/C11H19IN2/c1-6-8-10(12)9(7-2)14(13-8)11(3,4)5/h6-7H2,1-5H3. The Kier molecular flexibility index (Phi) is 3.61. The van der Waals surface area contributed by atoms with Crippen molar-refractivity contribution in [1.29, 1.82) is 0 Å². The van der Waals surface area contributed by atoms with Gasteiger partial charge < -0.3 is 0 Å². The van der Waals surface area contributed by atoms with Crippen LogP contribution in [0.4, 0.5) is 0 Å². The topological polar surface area (TPSA) is 17.8 Å². The van der Waals surface area contributed by atoms with Gasteiger partial charge in [-0.15, -0.1) is 0 Å². The van der Waals surface area contributed by atoms with Gasteiger partial charge in [0.25, 0.3) is 0 Å². The van der Waals surface area contributed by atoms with E-state index in [1.165, 1.54) is 15.0 Å². The van der Waals surface area contributed by atoms with Gasteiger partial charge in [-0.2, -0.15) is 5.10 Å². The molecule has 0 spiro atoms. The smallest absolute Gasteiger partial charge is 0.0758 e. The van der Waals surface area contributed by atoms with Crippen LogP contribution < -0.4 is 0 Å². The number of aryl methyl sites for hydroxylation is 1. The zero-order valence-corrected chi connectivity index (χ0v) is 11.8. The lowest BCUT2D eigenvalue weighted by molar-refractivity contribution is 0.342. The number of nitrogens with zero attached hydrogens (tertiary/aromatic N) is 2. The van der Waals surface area contributed by atoms with Crippen molar-refractivity contribution >= 4 is 22.6 Å². The van der Waals surface area contributed by atoms with Crippen molar-refractivity contribution in [2.45, 2.75) is 53.0 Å². The normalized spacial score (nSPS) is 12.1. The van der Waals surface area contributed by atoms with E-state index in [9.17, 15) is 0 Å². The third-order valence-electron chi connectivity index (χ3n) is 2.29. The zero-order valence-electron chi connectivity index (χ0n) is 9.69. The minimum Gasteiger partial charge on any atom is -0.263 e. The van der Waals surface area contributed by atoms with Crippen molar-refractivity contribution in [1.82, 2.24) is 9.78 Å². The average Bonchev–Trinajstić information content (AvgIpc) is 2.41. The van der Waals surface area contributed by atoms with E-state index in [1.54, 1.807) is 0 Å². The molecule has 80 valence electrons. The molecule has 3 heteroatoms. The molecule has 2 nitrogen and oxygen atoms in total. The number of rotatable bonds is 2. The summed E-state index contributed by atoms with van der Waals surface area (Å²) in [6, 6.07) is 0. The maximum absolute atomic E-state index is 4.68. The number of halogens is 1. The second kappa shape index (κ2) is 4.21. The summed E-state index contributed by atoms with van der Waals surface area (Å²) in [5.41, 5.74) is 2.70. The molecule has 0 aliphatic heterocycles. The molecule has 0 unspecified atom stereocenters. The fourth-order valence-electron chi connectivity index (χ4n) is 1.57. The molecule has 0 saturated heterocycles. The van der Waals surface area contributed by atoms with Gasteiger partial charge in [-0.3, -0.25) is 4.68 Å². The van der Waals surface area contributed by atoms with Crippen molar-refractivity contribution in [2.75, 3.05) is 0 Å². The van der Waals surface area contributed by atoms with Crippen molar-refractivity contribution in [3.05, 3.63) is 15.0 Å². The Morgan fingerprint density at radius 1 is 1.21 bits per heavy atom. The third kappa shape index (κ3) is 2.12. The van der Waals surface area contributed by atoms with Gasteiger partial charge in [0.1, 0.15) is 0 Å². The van der Waals surface area contributed by atoms with E-state index < -0.39 is 0 Å².